The molecular formula is C12H14F4N4O. The standard InChI is InChI=1S/C12H14F4N4O/c13-10(14)12(15,16)11(21)19-9-2-1-8(7-18-9)20-5-3-17-4-6-20/h1-2,7,10,17H,3-6H2,(H,18,19,21). The minimum absolute atomic E-state index is 0.195. The lowest BCUT2D eigenvalue weighted by atomic mass is 10.3. The summed E-state index contributed by atoms with van der Waals surface area (Å²) in [4.78, 5) is 16.9. The third kappa shape index (κ3) is 3.60. The van der Waals surface area contributed by atoms with E-state index >= 15 is 0 Å². The van der Waals surface area contributed by atoms with Gasteiger partial charge in [-0.05, 0) is 12.1 Å². The number of carbonyl (C=O) groups excluding carboxylic acids is 1. The van der Waals surface area contributed by atoms with E-state index in [9.17, 15) is 22.4 Å². The predicted molar refractivity (Wildman–Crippen MR) is 68.9 cm³/mol. The van der Waals surface area contributed by atoms with E-state index in [1.54, 1.807) is 11.4 Å². The molecule has 1 aliphatic rings. The van der Waals surface area contributed by atoms with Gasteiger partial charge in [0.05, 0.1) is 11.9 Å². The molecular weight excluding hydrogens is 292 g/mol. The maximum absolute atomic E-state index is 12.8. The number of aromatic nitrogens is 1. The van der Waals surface area contributed by atoms with Gasteiger partial charge in [-0.15, -0.1) is 0 Å². The lowest BCUT2D eigenvalue weighted by Crippen LogP contribution is -2.43. The van der Waals surface area contributed by atoms with E-state index < -0.39 is 18.3 Å². The first-order chi connectivity index (χ1) is 9.91. The Kier molecular flexibility index (Phi) is 4.61. The molecule has 5 nitrogen and oxygen atoms in total. The smallest absolute Gasteiger partial charge is 0.368 e. The summed E-state index contributed by atoms with van der Waals surface area (Å²) in [5.41, 5.74) is 0.773. The van der Waals surface area contributed by atoms with E-state index in [1.807, 2.05) is 4.90 Å². The molecule has 2 heterocycles. The van der Waals surface area contributed by atoms with Gasteiger partial charge in [0.25, 0.3) is 0 Å². The van der Waals surface area contributed by atoms with Crippen molar-refractivity contribution in [2.45, 2.75) is 12.3 Å². The van der Waals surface area contributed by atoms with Crippen LogP contribution in [0.2, 0.25) is 0 Å². The molecule has 2 N–H and O–H groups in total. The van der Waals surface area contributed by atoms with Gasteiger partial charge in [-0.25, -0.2) is 13.8 Å². The maximum Gasteiger partial charge on any atom is 0.383 e. The fourth-order valence-electron chi connectivity index (χ4n) is 1.87. The van der Waals surface area contributed by atoms with Crippen LogP contribution < -0.4 is 15.5 Å². The van der Waals surface area contributed by atoms with Crippen molar-refractivity contribution in [1.82, 2.24) is 10.3 Å². The molecule has 0 bridgehead atoms. The minimum Gasteiger partial charge on any atom is -0.368 e. The van der Waals surface area contributed by atoms with E-state index in [4.69, 9.17) is 0 Å². The van der Waals surface area contributed by atoms with E-state index in [2.05, 4.69) is 10.3 Å². The van der Waals surface area contributed by atoms with Crippen molar-refractivity contribution in [1.29, 1.82) is 0 Å². The molecule has 1 saturated heterocycles. The molecule has 0 aromatic carbocycles. The Labute approximate surface area is 118 Å². The van der Waals surface area contributed by atoms with Gasteiger partial charge < -0.3 is 15.5 Å². The van der Waals surface area contributed by atoms with E-state index in [0.717, 1.165) is 31.9 Å². The zero-order valence-corrected chi connectivity index (χ0v) is 11.0. The highest BCUT2D eigenvalue weighted by Gasteiger charge is 2.49. The molecule has 1 aliphatic heterocycles. The van der Waals surface area contributed by atoms with Crippen molar-refractivity contribution in [2.24, 2.45) is 0 Å². The van der Waals surface area contributed by atoms with Crippen LogP contribution in [-0.2, 0) is 4.79 Å². The summed E-state index contributed by atoms with van der Waals surface area (Å²) in [6.45, 7) is 3.19. The Bertz CT molecular complexity index is 489. The summed E-state index contributed by atoms with van der Waals surface area (Å²) in [5.74, 6) is -7.00. The highest BCUT2D eigenvalue weighted by molar-refractivity contribution is 5.95. The fourth-order valence-corrected chi connectivity index (χ4v) is 1.87. The lowest BCUT2D eigenvalue weighted by molar-refractivity contribution is -0.163. The van der Waals surface area contributed by atoms with Gasteiger partial charge in [0.2, 0.25) is 0 Å². The number of anilines is 2. The molecule has 0 unspecified atom stereocenters. The Morgan fingerprint density at radius 1 is 1.33 bits per heavy atom. The van der Waals surface area contributed by atoms with E-state index in [1.165, 1.54) is 12.3 Å². The van der Waals surface area contributed by atoms with Crippen LogP contribution in [-0.4, -0.2) is 49.4 Å². The van der Waals surface area contributed by atoms with Crippen LogP contribution in [0, 0.1) is 0 Å². The number of nitrogens with zero attached hydrogens (tertiary/aromatic N) is 2. The van der Waals surface area contributed by atoms with Gasteiger partial charge in [0.15, 0.2) is 0 Å². The highest BCUT2D eigenvalue weighted by Crippen LogP contribution is 2.24. The maximum atomic E-state index is 12.8. The normalized spacial score (nSPS) is 16.1. The van der Waals surface area contributed by atoms with Crippen LogP contribution in [0.4, 0.5) is 29.1 Å². The first-order valence-corrected chi connectivity index (χ1v) is 6.30. The third-order valence-corrected chi connectivity index (χ3v) is 3.05. The summed E-state index contributed by atoms with van der Waals surface area (Å²) in [6, 6.07) is 2.89. The monoisotopic (exact) mass is 306 g/mol. The molecule has 1 fully saturated rings. The molecule has 21 heavy (non-hydrogen) atoms. The number of pyridine rings is 1. The second kappa shape index (κ2) is 6.25. The molecule has 0 radical (unpaired) electrons. The van der Waals surface area contributed by atoms with Crippen molar-refractivity contribution in [3.8, 4) is 0 Å². The number of alkyl halides is 4. The van der Waals surface area contributed by atoms with Crippen molar-refractivity contribution in [2.75, 3.05) is 36.4 Å². The van der Waals surface area contributed by atoms with Gasteiger partial charge in [-0.3, -0.25) is 4.79 Å². The molecule has 0 aliphatic carbocycles. The molecule has 116 valence electrons. The zero-order chi connectivity index (χ0) is 15.5. The van der Waals surface area contributed by atoms with Crippen LogP contribution in [0.15, 0.2) is 18.3 Å². The Morgan fingerprint density at radius 3 is 2.52 bits per heavy atom. The van der Waals surface area contributed by atoms with Gasteiger partial charge in [-0.1, -0.05) is 0 Å². The van der Waals surface area contributed by atoms with Gasteiger partial charge in [0, 0.05) is 26.2 Å². The summed E-state index contributed by atoms with van der Waals surface area (Å²) >= 11 is 0. The van der Waals surface area contributed by atoms with Crippen LogP contribution in [0.5, 0.6) is 0 Å². The second-order valence-corrected chi connectivity index (χ2v) is 4.52. The van der Waals surface area contributed by atoms with Gasteiger partial charge in [-0.2, -0.15) is 8.78 Å². The molecule has 0 spiro atoms. The fraction of sp³-hybridized carbons (Fsp3) is 0.500. The van der Waals surface area contributed by atoms with Crippen molar-refractivity contribution in [3.05, 3.63) is 18.3 Å². The van der Waals surface area contributed by atoms with E-state index in [0.29, 0.717) is 0 Å². The molecule has 1 aromatic heterocycles. The molecule has 0 atom stereocenters. The average Bonchev–Trinajstić information content (AvgIpc) is 2.48. The Balaban J connectivity index is 2.00. The summed E-state index contributed by atoms with van der Waals surface area (Å²) in [7, 11) is 0. The Morgan fingerprint density at radius 2 is 2.00 bits per heavy atom. The van der Waals surface area contributed by atoms with Gasteiger partial charge >= 0.3 is 18.3 Å². The van der Waals surface area contributed by atoms with Crippen molar-refractivity contribution >= 4 is 17.4 Å². The first kappa shape index (κ1) is 15.5. The van der Waals surface area contributed by atoms with Crippen LogP contribution >= 0.6 is 0 Å². The predicted octanol–water partition coefficient (Wildman–Crippen LogP) is 1.33. The minimum atomic E-state index is -4.74. The summed E-state index contributed by atoms with van der Waals surface area (Å²) in [5, 5.41) is 4.86. The SMILES string of the molecule is O=C(Nc1ccc(N2CCNCC2)cn1)C(F)(F)C(F)F. The second-order valence-electron chi connectivity index (χ2n) is 4.52. The average molecular weight is 306 g/mol. The molecule has 0 saturated carbocycles. The first-order valence-electron chi connectivity index (χ1n) is 6.30. The largest absolute Gasteiger partial charge is 0.383 e. The molecule has 1 amide bonds. The lowest BCUT2D eigenvalue weighted by Gasteiger charge is -2.29. The number of carbonyl (C=O) groups is 1. The molecule has 1 aromatic rings. The number of piperazine rings is 1. The van der Waals surface area contributed by atoms with Crippen LogP contribution in [0.3, 0.4) is 0 Å². The number of amides is 1. The number of hydrogen-bond donors (Lipinski definition) is 2. The third-order valence-electron chi connectivity index (χ3n) is 3.05. The number of halogens is 4. The summed E-state index contributed by atoms with van der Waals surface area (Å²) < 4.78 is 49.6. The number of nitrogens with one attached hydrogen (secondary N) is 2. The number of hydrogen-bond acceptors (Lipinski definition) is 4. The highest BCUT2D eigenvalue weighted by atomic mass is 19.3. The Hall–Kier alpha value is -1.90. The molecule has 9 heteroatoms. The number of rotatable bonds is 4. The quantitative estimate of drug-likeness (QED) is 0.824. The van der Waals surface area contributed by atoms with E-state index in [-0.39, 0.29) is 5.82 Å². The van der Waals surface area contributed by atoms with Crippen LogP contribution in [0.25, 0.3) is 0 Å². The zero-order valence-electron chi connectivity index (χ0n) is 11.0. The summed E-state index contributed by atoms with van der Waals surface area (Å²) in [6.07, 6.45) is -2.65. The van der Waals surface area contributed by atoms with Crippen molar-refractivity contribution < 1.29 is 22.4 Å². The van der Waals surface area contributed by atoms with Crippen LogP contribution in [0.1, 0.15) is 0 Å². The van der Waals surface area contributed by atoms with Gasteiger partial charge in [0.1, 0.15) is 5.82 Å². The molecule has 2 rings (SSSR count). The van der Waals surface area contributed by atoms with Crippen molar-refractivity contribution in [3.63, 3.8) is 0 Å². The topological polar surface area (TPSA) is 57.3 Å².